The van der Waals surface area contributed by atoms with Crippen LogP contribution in [0.2, 0.25) is 0 Å². The summed E-state index contributed by atoms with van der Waals surface area (Å²) in [5.74, 6) is -0.675. The summed E-state index contributed by atoms with van der Waals surface area (Å²) in [5.41, 5.74) is 1.45. The maximum Gasteiger partial charge on any atom is 0.270 e. The third-order valence-corrected chi connectivity index (χ3v) is 3.19. The molecule has 0 saturated carbocycles. The van der Waals surface area contributed by atoms with Gasteiger partial charge in [-0.3, -0.25) is 4.79 Å². The molecule has 0 atom stereocenters. The molecule has 0 fully saturated rings. The molecule has 1 amide bonds. The van der Waals surface area contributed by atoms with Crippen molar-refractivity contribution in [3.63, 3.8) is 0 Å². The smallest absolute Gasteiger partial charge is 0.270 e. The zero-order valence-corrected chi connectivity index (χ0v) is 12.0. The van der Waals surface area contributed by atoms with Crippen LogP contribution in [0.5, 0.6) is 0 Å². The molecule has 20 heavy (non-hydrogen) atoms. The number of nitrogens with zero attached hydrogens (tertiary/aromatic N) is 2. The molecule has 1 aromatic heterocycles. The summed E-state index contributed by atoms with van der Waals surface area (Å²) in [4.78, 5) is 20.3. The van der Waals surface area contributed by atoms with E-state index in [1.54, 1.807) is 31.2 Å². The van der Waals surface area contributed by atoms with Crippen LogP contribution in [0.1, 0.15) is 21.7 Å². The van der Waals surface area contributed by atoms with Crippen molar-refractivity contribution in [2.75, 3.05) is 6.26 Å². The molecule has 0 bridgehead atoms. The zero-order chi connectivity index (χ0) is 14.5. The molecule has 0 aliphatic heterocycles. The Morgan fingerprint density at radius 2 is 2.10 bits per heavy atom. The first kappa shape index (κ1) is 14.5. The number of nitrogens with one attached hydrogen (secondary N) is 1. The minimum Gasteiger partial charge on any atom is -0.347 e. The first-order valence-electron chi connectivity index (χ1n) is 6.01. The molecule has 104 valence electrons. The summed E-state index contributed by atoms with van der Waals surface area (Å²) in [5, 5.41) is 3.20. The zero-order valence-electron chi connectivity index (χ0n) is 11.2. The predicted molar refractivity (Wildman–Crippen MR) is 76.1 cm³/mol. The summed E-state index contributed by atoms with van der Waals surface area (Å²) in [6.07, 6.45) is 1.84. The quantitative estimate of drug-likeness (QED) is 0.695. The molecule has 1 aromatic carbocycles. The number of carbonyl (C=O) groups excluding carboxylic acids is 1. The number of hydrogen-bond donors (Lipinski definition) is 1. The molecule has 4 nitrogen and oxygen atoms in total. The summed E-state index contributed by atoms with van der Waals surface area (Å²) >= 11 is 1.37. The van der Waals surface area contributed by atoms with Gasteiger partial charge in [-0.25, -0.2) is 14.4 Å². The van der Waals surface area contributed by atoms with Crippen molar-refractivity contribution in [3.05, 3.63) is 53.1 Å². The van der Waals surface area contributed by atoms with Crippen molar-refractivity contribution in [2.24, 2.45) is 0 Å². The fourth-order valence-electron chi connectivity index (χ4n) is 1.66. The van der Waals surface area contributed by atoms with E-state index in [0.717, 1.165) is 5.69 Å². The standard InChI is InChI=1S/C14H14FN3OS/c1-9-7-12(18-14(17-9)20-2)13(19)16-8-10-5-3-4-6-11(10)15/h3-7H,8H2,1-2H3,(H,16,19). The minimum absolute atomic E-state index is 0.128. The highest BCUT2D eigenvalue weighted by Gasteiger charge is 2.11. The summed E-state index contributed by atoms with van der Waals surface area (Å²) in [6.45, 7) is 1.93. The molecule has 1 heterocycles. The normalized spacial score (nSPS) is 10.3. The lowest BCUT2D eigenvalue weighted by molar-refractivity contribution is 0.0944. The van der Waals surface area contributed by atoms with Gasteiger partial charge >= 0.3 is 0 Å². The number of carbonyl (C=O) groups is 1. The minimum atomic E-state index is -0.339. The Morgan fingerprint density at radius 1 is 1.35 bits per heavy atom. The van der Waals surface area contributed by atoms with Gasteiger partial charge in [0.1, 0.15) is 11.5 Å². The Labute approximate surface area is 120 Å². The number of hydrogen-bond acceptors (Lipinski definition) is 4. The molecule has 0 aliphatic rings. The Hall–Kier alpha value is -1.95. The third-order valence-electron chi connectivity index (χ3n) is 2.65. The highest BCUT2D eigenvalue weighted by atomic mass is 32.2. The van der Waals surface area contributed by atoms with Gasteiger partial charge in [0.25, 0.3) is 5.91 Å². The van der Waals surface area contributed by atoms with Gasteiger partial charge in [-0.05, 0) is 25.3 Å². The summed E-state index contributed by atoms with van der Waals surface area (Å²) in [6, 6.07) is 7.94. The summed E-state index contributed by atoms with van der Waals surface area (Å²) < 4.78 is 13.4. The lowest BCUT2D eigenvalue weighted by atomic mass is 10.2. The molecule has 0 saturated heterocycles. The molecule has 6 heteroatoms. The molecule has 0 aliphatic carbocycles. The number of halogens is 1. The van der Waals surface area contributed by atoms with Crippen LogP contribution in [0.3, 0.4) is 0 Å². The van der Waals surface area contributed by atoms with Gasteiger partial charge in [-0.1, -0.05) is 30.0 Å². The molecule has 0 spiro atoms. The third kappa shape index (κ3) is 3.54. The number of amides is 1. The SMILES string of the molecule is CSc1nc(C)cc(C(=O)NCc2ccccc2F)n1. The van der Waals surface area contributed by atoms with E-state index in [9.17, 15) is 9.18 Å². The molecule has 1 N–H and O–H groups in total. The van der Waals surface area contributed by atoms with Crippen molar-refractivity contribution >= 4 is 17.7 Å². The van der Waals surface area contributed by atoms with Crippen molar-refractivity contribution in [1.29, 1.82) is 0 Å². The number of rotatable bonds is 4. The largest absolute Gasteiger partial charge is 0.347 e. The molecular weight excluding hydrogens is 277 g/mol. The van der Waals surface area contributed by atoms with Crippen LogP contribution in [0.25, 0.3) is 0 Å². The van der Waals surface area contributed by atoms with Gasteiger partial charge in [-0.2, -0.15) is 0 Å². The molecule has 2 aromatic rings. The monoisotopic (exact) mass is 291 g/mol. The Morgan fingerprint density at radius 3 is 2.80 bits per heavy atom. The van der Waals surface area contributed by atoms with Crippen molar-refractivity contribution < 1.29 is 9.18 Å². The lowest BCUT2D eigenvalue weighted by Gasteiger charge is -2.07. The van der Waals surface area contributed by atoms with Crippen LogP contribution in [-0.2, 0) is 6.54 Å². The van der Waals surface area contributed by atoms with Gasteiger partial charge in [-0.15, -0.1) is 0 Å². The van der Waals surface area contributed by atoms with Crippen LogP contribution in [-0.4, -0.2) is 22.1 Å². The van der Waals surface area contributed by atoms with Gasteiger partial charge in [0, 0.05) is 17.8 Å². The van der Waals surface area contributed by atoms with Gasteiger partial charge in [0.2, 0.25) is 0 Å². The average molecular weight is 291 g/mol. The second-order valence-electron chi connectivity index (χ2n) is 4.16. The van der Waals surface area contributed by atoms with E-state index in [4.69, 9.17) is 0 Å². The topological polar surface area (TPSA) is 54.9 Å². The highest BCUT2D eigenvalue weighted by Crippen LogP contribution is 2.11. The first-order valence-corrected chi connectivity index (χ1v) is 7.24. The Bertz CT molecular complexity index is 634. The number of aryl methyl sites for hydroxylation is 1. The maximum absolute atomic E-state index is 13.4. The van der Waals surface area contributed by atoms with Gasteiger partial charge in [0.15, 0.2) is 5.16 Å². The lowest BCUT2D eigenvalue weighted by Crippen LogP contribution is -2.24. The van der Waals surface area contributed by atoms with Crippen LogP contribution in [0, 0.1) is 12.7 Å². The fourth-order valence-corrected chi connectivity index (χ4v) is 2.08. The van der Waals surface area contributed by atoms with Gasteiger partial charge in [0.05, 0.1) is 0 Å². The maximum atomic E-state index is 13.4. The van der Waals surface area contributed by atoms with Crippen molar-refractivity contribution in [3.8, 4) is 0 Å². The van der Waals surface area contributed by atoms with E-state index in [0.29, 0.717) is 10.7 Å². The average Bonchev–Trinajstić information content (AvgIpc) is 2.45. The highest BCUT2D eigenvalue weighted by molar-refractivity contribution is 7.98. The first-order chi connectivity index (χ1) is 9.60. The van der Waals surface area contributed by atoms with E-state index in [-0.39, 0.29) is 24.0 Å². The van der Waals surface area contributed by atoms with Crippen LogP contribution in [0.15, 0.2) is 35.5 Å². The van der Waals surface area contributed by atoms with E-state index in [1.807, 2.05) is 6.26 Å². The van der Waals surface area contributed by atoms with E-state index >= 15 is 0 Å². The number of thioether (sulfide) groups is 1. The number of aromatic nitrogens is 2. The van der Waals surface area contributed by atoms with E-state index in [1.165, 1.54) is 17.8 Å². The van der Waals surface area contributed by atoms with Crippen LogP contribution >= 0.6 is 11.8 Å². The second kappa shape index (κ2) is 6.47. The van der Waals surface area contributed by atoms with Crippen molar-refractivity contribution in [2.45, 2.75) is 18.6 Å². The predicted octanol–water partition coefficient (Wildman–Crippen LogP) is 2.58. The van der Waals surface area contributed by atoms with E-state index < -0.39 is 0 Å². The molecule has 2 rings (SSSR count). The van der Waals surface area contributed by atoms with Crippen LogP contribution in [0.4, 0.5) is 4.39 Å². The van der Waals surface area contributed by atoms with Gasteiger partial charge < -0.3 is 5.32 Å². The summed E-state index contributed by atoms with van der Waals surface area (Å²) in [7, 11) is 0. The second-order valence-corrected chi connectivity index (χ2v) is 4.93. The molecular formula is C14H14FN3OS. The van der Waals surface area contributed by atoms with Crippen LogP contribution < -0.4 is 5.32 Å². The van der Waals surface area contributed by atoms with Crippen molar-refractivity contribution in [1.82, 2.24) is 15.3 Å². The fraction of sp³-hybridized carbons (Fsp3) is 0.214. The Kier molecular flexibility index (Phi) is 4.68. The Balaban J connectivity index is 2.09. The molecule has 0 radical (unpaired) electrons. The number of benzene rings is 1. The van der Waals surface area contributed by atoms with E-state index in [2.05, 4.69) is 15.3 Å². The molecule has 0 unspecified atom stereocenters.